The summed E-state index contributed by atoms with van der Waals surface area (Å²) in [4.78, 5) is 10.0. The van der Waals surface area contributed by atoms with Crippen LogP contribution in [0, 0.1) is 17.8 Å². The van der Waals surface area contributed by atoms with Gasteiger partial charge in [-0.2, -0.15) is 23.8 Å². The van der Waals surface area contributed by atoms with Gasteiger partial charge in [0.2, 0.25) is 5.95 Å². The fourth-order valence-corrected chi connectivity index (χ4v) is 7.80. The van der Waals surface area contributed by atoms with Gasteiger partial charge in [-0.3, -0.25) is 14.0 Å². The van der Waals surface area contributed by atoms with Gasteiger partial charge < -0.3 is 5.32 Å². The summed E-state index contributed by atoms with van der Waals surface area (Å²) in [6, 6.07) is 0. The van der Waals surface area contributed by atoms with Crippen molar-refractivity contribution in [3.63, 3.8) is 0 Å². The molecule has 2 heterocycles. The minimum absolute atomic E-state index is 0.0388. The number of alkyl halides is 3. The Hall–Kier alpha value is -1.10. The molecule has 1 aliphatic heterocycles. The first-order valence-electron chi connectivity index (χ1n) is 10.8. The SMILES string of the molecule is OS1(O)CCN(Cc2cnc(NC34CC5CC(CC(C5)C3)C4)nc2C(F)(F)F)CC1. The summed E-state index contributed by atoms with van der Waals surface area (Å²) in [5.74, 6) is 2.51. The molecule has 0 amide bonds. The molecule has 0 spiro atoms. The molecule has 168 valence electrons. The molecule has 6 nitrogen and oxygen atoms in total. The van der Waals surface area contributed by atoms with Gasteiger partial charge in [0.25, 0.3) is 0 Å². The van der Waals surface area contributed by atoms with E-state index in [0.717, 1.165) is 19.3 Å². The highest BCUT2D eigenvalue weighted by molar-refractivity contribution is 8.24. The van der Waals surface area contributed by atoms with E-state index < -0.39 is 22.5 Å². The zero-order chi connectivity index (χ0) is 21.1. The molecule has 1 aromatic rings. The third-order valence-electron chi connectivity index (χ3n) is 7.41. The minimum Gasteiger partial charge on any atom is -0.349 e. The van der Waals surface area contributed by atoms with Gasteiger partial charge in [-0.1, -0.05) is 0 Å². The standard InChI is InChI=1S/C20H29F3N4O2S/c21-20(22,23)17-16(12-27-1-3-30(28,29)4-2-27)11-24-18(25-17)26-19-8-13-5-14(9-19)7-15(6-13)10-19/h11,13-15,28-29H,1-10,12H2,(H,24,25,26). The Bertz CT molecular complexity index is 774. The second kappa shape index (κ2) is 7.21. The van der Waals surface area contributed by atoms with Crippen molar-refractivity contribution in [3.8, 4) is 0 Å². The van der Waals surface area contributed by atoms with Crippen LogP contribution in [0.5, 0.6) is 0 Å². The van der Waals surface area contributed by atoms with Crippen molar-refractivity contribution in [1.29, 1.82) is 0 Å². The van der Waals surface area contributed by atoms with Crippen LogP contribution in [0.2, 0.25) is 0 Å². The van der Waals surface area contributed by atoms with Crippen LogP contribution in [0.3, 0.4) is 0 Å². The molecule has 10 heteroatoms. The van der Waals surface area contributed by atoms with Gasteiger partial charge in [0, 0.05) is 36.9 Å². The highest BCUT2D eigenvalue weighted by atomic mass is 32.3. The van der Waals surface area contributed by atoms with Crippen molar-refractivity contribution in [2.45, 2.75) is 56.8 Å². The predicted molar refractivity (Wildman–Crippen MR) is 109 cm³/mol. The maximum Gasteiger partial charge on any atom is 0.433 e. The van der Waals surface area contributed by atoms with Gasteiger partial charge in [0.05, 0.1) is 11.5 Å². The summed E-state index contributed by atoms with van der Waals surface area (Å²) in [6.07, 6.45) is 3.53. The molecule has 3 N–H and O–H groups in total. The lowest BCUT2D eigenvalue weighted by molar-refractivity contribution is -0.142. The fraction of sp³-hybridized carbons (Fsp3) is 0.800. The van der Waals surface area contributed by atoms with Gasteiger partial charge in [0.15, 0.2) is 5.69 Å². The van der Waals surface area contributed by atoms with E-state index >= 15 is 0 Å². The molecule has 4 aliphatic carbocycles. The molecule has 0 unspecified atom stereocenters. The average molecular weight is 447 g/mol. The van der Waals surface area contributed by atoms with E-state index in [1.54, 1.807) is 4.90 Å². The number of nitrogens with zero attached hydrogens (tertiary/aromatic N) is 3. The molecule has 1 aromatic heterocycles. The number of nitrogens with one attached hydrogen (secondary N) is 1. The topological polar surface area (TPSA) is 81.5 Å². The van der Waals surface area contributed by atoms with Gasteiger partial charge >= 0.3 is 6.18 Å². The van der Waals surface area contributed by atoms with Crippen molar-refractivity contribution >= 4 is 16.5 Å². The smallest absolute Gasteiger partial charge is 0.349 e. The van der Waals surface area contributed by atoms with Crippen LogP contribution in [-0.4, -0.2) is 54.1 Å². The van der Waals surface area contributed by atoms with E-state index in [9.17, 15) is 22.3 Å². The highest BCUT2D eigenvalue weighted by Crippen LogP contribution is 2.56. The number of rotatable bonds is 4. The predicted octanol–water partition coefficient (Wildman–Crippen LogP) is 4.44. The number of aromatic nitrogens is 2. The molecular weight excluding hydrogens is 417 g/mol. The van der Waals surface area contributed by atoms with Crippen LogP contribution in [0.4, 0.5) is 19.1 Å². The fourth-order valence-electron chi connectivity index (χ4n) is 6.49. The monoisotopic (exact) mass is 446 g/mol. The largest absolute Gasteiger partial charge is 0.433 e. The van der Waals surface area contributed by atoms with Crippen LogP contribution in [0.1, 0.15) is 49.8 Å². The Balaban J connectivity index is 1.35. The highest BCUT2D eigenvalue weighted by Gasteiger charge is 2.51. The summed E-state index contributed by atoms with van der Waals surface area (Å²) in [5.41, 5.74) is -1.00. The molecule has 0 atom stereocenters. The minimum atomic E-state index is -4.56. The number of hydrogen-bond donors (Lipinski definition) is 3. The van der Waals surface area contributed by atoms with Crippen LogP contribution < -0.4 is 5.32 Å². The molecule has 4 saturated carbocycles. The van der Waals surface area contributed by atoms with Crippen molar-refractivity contribution in [1.82, 2.24) is 14.9 Å². The van der Waals surface area contributed by atoms with E-state index in [1.165, 1.54) is 25.5 Å². The first-order chi connectivity index (χ1) is 14.1. The van der Waals surface area contributed by atoms with E-state index in [4.69, 9.17) is 0 Å². The van der Waals surface area contributed by atoms with Gasteiger partial charge in [-0.05, 0) is 56.3 Å². The normalized spacial score (nSPS) is 36.6. The van der Waals surface area contributed by atoms with Crippen LogP contribution in [-0.2, 0) is 12.7 Å². The Kier molecular flexibility index (Phi) is 5.00. The first-order valence-corrected chi connectivity index (χ1v) is 12.6. The Morgan fingerprint density at radius 3 is 2.17 bits per heavy atom. The molecule has 6 rings (SSSR count). The second-order valence-electron chi connectivity index (χ2n) is 9.87. The molecule has 1 saturated heterocycles. The summed E-state index contributed by atoms with van der Waals surface area (Å²) in [7, 11) is -2.58. The Morgan fingerprint density at radius 1 is 1.07 bits per heavy atom. The zero-order valence-electron chi connectivity index (χ0n) is 16.9. The molecule has 30 heavy (non-hydrogen) atoms. The van der Waals surface area contributed by atoms with Gasteiger partial charge in [0.1, 0.15) is 0 Å². The van der Waals surface area contributed by atoms with Crippen molar-refractivity contribution in [2.24, 2.45) is 17.8 Å². The zero-order valence-corrected chi connectivity index (χ0v) is 17.7. The van der Waals surface area contributed by atoms with Crippen molar-refractivity contribution in [2.75, 3.05) is 29.9 Å². The molecule has 0 aromatic carbocycles. The first kappa shape index (κ1) is 20.8. The third-order valence-corrected chi connectivity index (χ3v) is 9.08. The van der Waals surface area contributed by atoms with Crippen LogP contribution >= 0.6 is 10.6 Å². The molecule has 5 aliphatic rings. The van der Waals surface area contributed by atoms with Crippen molar-refractivity contribution < 1.29 is 22.3 Å². The lowest BCUT2D eigenvalue weighted by Crippen LogP contribution is -2.55. The third kappa shape index (κ3) is 4.16. The second-order valence-corrected chi connectivity index (χ2v) is 12.3. The molecule has 0 radical (unpaired) electrons. The van der Waals surface area contributed by atoms with E-state index in [-0.39, 0.29) is 35.1 Å². The average Bonchev–Trinajstić information content (AvgIpc) is 2.62. The lowest BCUT2D eigenvalue weighted by Gasteiger charge is -2.56. The van der Waals surface area contributed by atoms with Crippen LogP contribution in [0.15, 0.2) is 6.20 Å². The quantitative estimate of drug-likeness (QED) is 0.634. The van der Waals surface area contributed by atoms with E-state index in [1.807, 2.05) is 0 Å². The number of hydrogen-bond acceptors (Lipinski definition) is 6. The van der Waals surface area contributed by atoms with E-state index in [0.29, 0.717) is 30.8 Å². The summed E-state index contributed by atoms with van der Waals surface area (Å²) in [6.45, 7) is 0.766. The molecule has 5 fully saturated rings. The summed E-state index contributed by atoms with van der Waals surface area (Å²) < 4.78 is 60.8. The maximum absolute atomic E-state index is 13.8. The van der Waals surface area contributed by atoms with Gasteiger partial charge in [-0.25, -0.2) is 9.97 Å². The lowest BCUT2D eigenvalue weighted by atomic mass is 9.53. The number of anilines is 1. The number of halogens is 3. The summed E-state index contributed by atoms with van der Waals surface area (Å²) >= 11 is 0. The van der Waals surface area contributed by atoms with Crippen LogP contribution in [0.25, 0.3) is 0 Å². The Morgan fingerprint density at radius 2 is 1.63 bits per heavy atom. The van der Waals surface area contributed by atoms with E-state index in [2.05, 4.69) is 15.3 Å². The van der Waals surface area contributed by atoms with Gasteiger partial charge in [-0.15, -0.1) is 0 Å². The summed E-state index contributed by atoms with van der Waals surface area (Å²) in [5, 5.41) is 3.34. The maximum atomic E-state index is 13.8. The Labute approximate surface area is 176 Å². The molecule has 4 bridgehead atoms. The van der Waals surface area contributed by atoms with Crippen molar-refractivity contribution in [3.05, 3.63) is 17.5 Å². The molecular formula is C20H29F3N4O2S.